The quantitative estimate of drug-likeness (QED) is 0.114. The number of nitrogens with two attached hydrogens (primary N) is 1. The SMILES string of the molecule is CC(O)C(NC(=O)C(N)Cc1cnc[nH]1)C(=O)NC(CC(=O)O)C(=O)NC(CCC(=O)O)C(=O)O. The van der Waals surface area contributed by atoms with Crippen molar-refractivity contribution >= 4 is 35.6 Å². The van der Waals surface area contributed by atoms with Gasteiger partial charge in [0.05, 0.1) is 24.9 Å². The lowest BCUT2D eigenvalue weighted by Gasteiger charge is -2.25. The van der Waals surface area contributed by atoms with E-state index < -0.39 is 85.2 Å². The summed E-state index contributed by atoms with van der Waals surface area (Å²) >= 11 is 0. The minimum absolute atomic E-state index is 0.0247. The highest BCUT2D eigenvalue weighted by Crippen LogP contribution is 2.04. The lowest BCUT2D eigenvalue weighted by atomic mass is 10.1. The molecule has 0 aliphatic heterocycles. The number of H-pyrrole nitrogens is 1. The normalized spacial score (nSPS) is 15.1. The van der Waals surface area contributed by atoms with Gasteiger partial charge >= 0.3 is 17.9 Å². The van der Waals surface area contributed by atoms with Gasteiger partial charge in [-0.2, -0.15) is 0 Å². The predicted octanol–water partition coefficient (Wildman–Crippen LogP) is -3.46. The standard InChI is InChI=1S/C19H28N6O10/c1-8(26)15(25-16(31)10(20)4-9-6-21-7-22-9)18(33)24-12(5-14(29)30)17(32)23-11(19(34)35)2-3-13(27)28/h6-8,10-12,15,26H,2-5,20H2,1H3,(H,21,22)(H,23,32)(H,24,33)(H,25,31)(H,27,28)(H,29,30)(H,34,35). The molecular formula is C19H28N6O10. The molecule has 5 unspecified atom stereocenters. The van der Waals surface area contributed by atoms with E-state index in [1.807, 2.05) is 5.32 Å². The van der Waals surface area contributed by atoms with Gasteiger partial charge in [0, 0.05) is 24.7 Å². The third-order valence-corrected chi connectivity index (χ3v) is 4.67. The number of aliphatic hydroxyl groups excluding tert-OH is 1. The van der Waals surface area contributed by atoms with E-state index in [0.29, 0.717) is 5.69 Å². The number of aliphatic carboxylic acids is 3. The highest BCUT2D eigenvalue weighted by atomic mass is 16.4. The summed E-state index contributed by atoms with van der Waals surface area (Å²) in [6.45, 7) is 1.16. The molecule has 0 fully saturated rings. The van der Waals surface area contributed by atoms with E-state index in [-0.39, 0.29) is 6.42 Å². The Morgan fingerprint density at radius 1 is 0.971 bits per heavy atom. The summed E-state index contributed by atoms with van der Waals surface area (Å²) in [5.41, 5.74) is 6.32. The molecular weight excluding hydrogens is 472 g/mol. The maximum Gasteiger partial charge on any atom is 0.326 e. The van der Waals surface area contributed by atoms with E-state index in [9.17, 15) is 39.0 Å². The average molecular weight is 500 g/mol. The van der Waals surface area contributed by atoms with Crippen LogP contribution in [0.15, 0.2) is 12.5 Å². The van der Waals surface area contributed by atoms with Gasteiger partial charge in [-0.05, 0) is 13.3 Å². The molecule has 16 heteroatoms. The zero-order valence-corrected chi connectivity index (χ0v) is 18.6. The van der Waals surface area contributed by atoms with Gasteiger partial charge in [-0.3, -0.25) is 24.0 Å². The van der Waals surface area contributed by atoms with Gasteiger partial charge in [0.15, 0.2) is 0 Å². The Kier molecular flexibility index (Phi) is 11.3. The van der Waals surface area contributed by atoms with Crippen molar-refractivity contribution in [2.24, 2.45) is 5.73 Å². The first-order chi connectivity index (χ1) is 16.3. The van der Waals surface area contributed by atoms with Gasteiger partial charge in [0.2, 0.25) is 17.7 Å². The van der Waals surface area contributed by atoms with Crippen LogP contribution < -0.4 is 21.7 Å². The second-order valence-corrected chi connectivity index (χ2v) is 7.61. The van der Waals surface area contributed by atoms with Crippen LogP contribution in [0.4, 0.5) is 0 Å². The Labute approximate surface area is 198 Å². The number of aromatic nitrogens is 2. The fraction of sp³-hybridized carbons (Fsp3) is 0.526. The van der Waals surface area contributed by atoms with Crippen molar-refractivity contribution in [1.29, 1.82) is 0 Å². The van der Waals surface area contributed by atoms with Gasteiger partial charge < -0.3 is 47.1 Å². The molecule has 0 spiro atoms. The minimum atomic E-state index is -1.80. The van der Waals surface area contributed by atoms with E-state index in [2.05, 4.69) is 20.6 Å². The van der Waals surface area contributed by atoms with Crippen LogP contribution in [0.3, 0.4) is 0 Å². The van der Waals surface area contributed by atoms with Gasteiger partial charge in [-0.15, -0.1) is 0 Å². The highest BCUT2D eigenvalue weighted by Gasteiger charge is 2.33. The molecule has 16 nitrogen and oxygen atoms in total. The summed E-state index contributed by atoms with van der Waals surface area (Å²) < 4.78 is 0. The maximum atomic E-state index is 12.7. The molecule has 1 heterocycles. The molecule has 194 valence electrons. The van der Waals surface area contributed by atoms with Crippen LogP contribution in [0, 0.1) is 0 Å². The van der Waals surface area contributed by atoms with Crippen LogP contribution in [0.1, 0.15) is 31.9 Å². The highest BCUT2D eigenvalue weighted by molar-refractivity contribution is 5.95. The lowest BCUT2D eigenvalue weighted by Crippen LogP contribution is -2.60. The number of imidazole rings is 1. The van der Waals surface area contributed by atoms with E-state index in [4.69, 9.17) is 15.9 Å². The van der Waals surface area contributed by atoms with Crippen LogP contribution in [0.5, 0.6) is 0 Å². The smallest absolute Gasteiger partial charge is 0.326 e. The van der Waals surface area contributed by atoms with Crippen molar-refractivity contribution in [2.45, 2.75) is 62.9 Å². The number of carboxylic acid groups (broad SMARTS) is 3. The summed E-state index contributed by atoms with van der Waals surface area (Å²) in [5.74, 6) is -7.60. The van der Waals surface area contributed by atoms with Crippen molar-refractivity contribution in [3.05, 3.63) is 18.2 Å². The first-order valence-electron chi connectivity index (χ1n) is 10.3. The van der Waals surface area contributed by atoms with Crippen molar-refractivity contribution in [3.8, 4) is 0 Å². The number of amides is 3. The van der Waals surface area contributed by atoms with E-state index in [0.717, 1.165) is 6.92 Å². The van der Waals surface area contributed by atoms with Gasteiger partial charge in [-0.25, -0.2) is 9.78 Å². The largest absolute Gasteiger partial charge is 0.481 e. The van der Waals surface area contributed by atoms with Crippen LogP contribution in [0.2, 0.25) is 0 Å². The fourth-order valence-electron chi connectivity index (χ4n) is 2.83. The number of nitrogens with zero attached hydrogens (tertiary/aromatic N) is 1. The molecule has 1 rings (SSSR count). The molecule has 0 radical (unpaired) electrons. The molecule has 10 N–H and O–H groups in total. The number of nitrogens with one attached hydrogen (secondary N) is 4. The molecule has 0 aliphatic carbocycles. The number of carbonyl (C=O) groups excluding carboxylic acids is 3. The number of rotatable bonds is 15. The van der Waals surface area contributed by atoms with Crippen LogP contribution in [-0.4, -0.2) is 96.3 Å². The number of hydrogen-bond donors (Lipinski definition) is 9. The Bertz CT molecular complexity index is 919. The molecule has 0 saturated heterocycles. The van der Waals surface area contributed by atoms with Crippen LogP contribution >= 0.6 is 0 Å². The Morgan fingerprint density at radius 2 is 1.60 bits per heavy atom. The number of hydrogen-bond acceptors (Lipinski definition) is 9. The number of carbonyl (C=O) groups is 6. The van der Waals surface area contributed by atoms with E-state index in [1.165, 1.54) is 12.5 Å². The van der Waals surface area contributed by atoms with Crippen molar-refractivity contribution in [1.82, 2.24) is 25.9 Å². The molecule has 0 saturated carbocycles. The summed E-state index contributed by atoms with van der Waals surface area (Å²) in [6, 6.07) is -6.25. The van der Waals surface area contributed by atoms with Crippen LogP contribution in [-0.2, 0) is 35.2 Å². The third kappa shape index (κ3) is 10.2. The van der Waals surface area contributed by atoms with E-state index >= 15 is 0 Å². The lowest BCUT2D eigenvalue weighted by molar-refractivity contribution is -0.144. The summed E-state index contributed by atoms with van der Waals surface area (Å²) in [4.78, 5) is 77.3. The second-order valence-electron chi connectivity index (χ2n) is 7.61. The Hall–Kier alpha value is -4.05. The fourth-order valence-corrected chi connectivity index (χ4v) is 2.83. The van der Waals surface area contributed by atoms with E-state index in [1.54, 1.807) is 0 Å². The monoisotopic (exact) mass is 500 g/mol. The van der Waals surface area contributed by atoms with Crippen LogP contribution in [0.25, 0.3) is 0 Å². The number of aliphatic hydroxyl groups is 1. The number of carboxylic acids is 3. The second kappa shape index (κ2) is 13.6. The Morgan fingerprint density at radius 3 is 2.09 bits per heavy atom. The molecule has 1 aromatic rings. The van der Waals surface area contributed by atoms with Gasteiger partial charge in [0.25, 0.3) is 0 Å². The van der Waals surface area contributed by atoms with Crippen molar-refractivity contribution < 1.29 is 49.2 Å². The first kappa shape index (κ1) is 29.0. The van der Waals surface area contributed by atoms with Crippen molar-refractivity contribution in [3.63, 3.8) is 0 Å². The summed E-state index contributed by atoms with van der Waals surface area (Å²) in [5, 5.41) is 43.2. The van der Waals surface area contributed by atoms with Crippen molar-refractivity contribution in [2.75, 3.05) is 0 Å². The molecule has 0 aromatic carbocycles. The molecule has 1 aromatic heterocycles. The third-order valence-electron chi connectivity index (χ3n) is 4.67. The molecule has 0 bridgehead atoms. The molecule has 5 atom stereocenters. The summed E-state index contributed by atoms with van der Waals surface area (Å²) in [7, 11) is 0. The molecule has 3 amide bonds. The molecule has 0 aliphatic rings. The Balaban J connectivity index is 2.91. The van der Waals surface area contributed by atoms with Gasteiger partial charge in [-0.1, -0.05) is 0 Å². The van der Waals surface area contributed by atoms with Gasteiger partial charge in [0.1, 0.15) is 18.1 Å². The zero-order valence-electron chi connectivity index (χ0n) is 18.6. The number of aromatic amines is 1. The zero-order chi connectivity index (χ0) is 26.7. The maximum absolute atomic E-state index is 12.7. The minimum Gasteiger partial charge on any atom is -0.481 e. The molecule has 35 heavy (non-hydrogen) atoms. The predicted molar refractivity (Wildman–Crippen MR) is 114 cm³/mol. The topological polar surface area (TPSA) is 274 Å². The summed E-state index contributed by atoms with van der Waals surface area (Å²) in [6.07, 6.45) is -0.723. The average Bonchev–Trinajstić information content (AvgIpc) is 3.25. The first-order valence-corrected chi connectivity index (χ1v) is 10.3.